The maximum atomic E-state index is 8.46. The molecule has 90 valence electrons. The molecule has 0 aromatic rings. The van der Waals surface area contributed by atoms with Crippen LogP contribution in [0.5, 0.6) is 0 Å². The fraction of sp³-hybridized carbons (Fsp3) is 0.600. The molecule has 0 heterocycles. The summed E-state index contributed by atoms with van der Waals surface area (Å²) in [6.45, 7) is 6.22. The normalized spacial score (nSPS) is 7.73. The third-order valence-electron chi connectivity index (χ3n) is 1.02. The van der Waals surface area contributed by atoms with E-state index in [0.29, 0.717) is 12.8 Å². The number of carbonyl (C=O) groups excluding carboxylic acids is 4. The van der Waals surface area contributed by atoms with Crippen LogP contribution in [0.25, 0.3) is 0 Å². The summed E-state index contributed by atoms with van der Waals surface area (Å²) >= 11 is 0. The van der Waals surface area contributed by atoms with Crippen molar-refractivity contribution in [2.45, 2.75) is 40.5 Å². The zero-order valence-electron chi connectivity index (χ0n) is 9.52. The van der Waals surface area contributed by atoms with E-state index in [9.17, 15) is 0 Å². The monoisotopic (exact) mass is 310 g/mol. The van der Waals surface area contributed by atoms with Crippen LogP contribution in [-0.4, -0.2) is 42.3 Å². The van der Waals surface area contributed by atoms with Crippen LogP contribution in [0, 0.1) is 0 Å². The number of ketones is 4. The first-order valence-corrected chi connectivity index (χ1v) is 4.31. The van der Waals surface area contributed by atoms with E-state index in [0.717, 1.165) is 0 Å². The molecule has 15 heavy (non-hydrogen) atoms. The van der Waals surface area contributed by atoms with Crippen LogP contribution in [0.15, 0.2) is 0 Å². The van der Waals surface area contributed by atoms with E-state index in [4.69, 9.17) is 19.2 Å². The summed E-state index contributed by atoms with van der Waals surface area (Å²) in [7, 11) is 0. The molecular formula is C10H20O4Pd+4. The van der Waals surface area contributed by atoms with Gasteiger partial charge in [-0.25, -0.2) is 0 Å². The largest absolute Gasteiger partial charge is 0.302 e. The molecule has 0 saturated carbocycles. The Kier molecular flexibility index (Phi) is 15.1. The predicted molar refractivity (Wildman–Crippen MR) is 59.7 cm³/mol. The van der Waals surface area contributed by atoms with Crippen LogP contribution in [0.1, 0.15) is 40.5 Å². The fourth-order valence-electron chi connectivity index (χ4n) is 0.740. The average Bonchev–Trinajstić information content (AvgIpc) is 1.79. The first-order valence-electron chi connectivity index (χ1n) is 4.31. The number of rotatable bonds is 4. The molecule has 0 bridgehead atoms. The van der Waals surface area contributed by atoms with Gasteiger partial charge in [-0.3, -0.25) is 19.2 Å². The first kappa shape index (κ1) is 19.8. The minimum absolute atomic E-state index is 0. The van der Waals surface area contributed by atoms with Crippen molar-refractivity contribution in [1.82, 2.24) is 0 Å². The van der Waals surface area contributed by atoms with Crippen LogP contribution in [0.4, 0.5) is 0 Å². The van der Waals surface area contributed by atoms with Gasteiger partial charge in [-0.1, -0.05) is 0 Å². The third-order valence-corrected chi connectivity index (χ3v) is 1.02. The van der Waals surface area contributed by atoms with Gasteiger partial charge in [-0.05, 0) is 0 Å². The maximum Gasteiger partial charge on any atom is 0.302 e. The maximum absolute atomic E-state index is 8.46. The van der Waals surface area contributed by atoms with Gasteiger partial charge in [0, 0.05) is 48.1 Å². The molecule has 0 atom stereocenters. The molecule has 0 fully saturated rings. The molecule has 4 nitrogen and oxygen atoms in total. The van der Waals surface area contributed by atoms with E-state index in [1.807, 2.05) is 0 Å². The van der Waals surface area contributed by atoms with Gasteiger partial charge in [-0.15, -0.1) is 0 Å². The van der Waals surface area contributed by atoms with Crippen molar-refractivity contribution < 1.29 is 39.6 Å². The quantitative estimate of drug-likeness (QED) is 0.421. The van der Waals surface area contributed by atoms with E-state index in [-0.39, 0.29) is 43.6 Å². The minimum Gasteiger partial charge on any atom is -0.283 e. The van der Waals surface area contributed by atoms with Crippen molar-refractivity contribution in [3.05, 3.63) is 0 Å². The van der Waals surface area contributed by atoms with Crippen LogP contribution < -0.4 is 0 Å². The van der Waals surface area contributed by atoms with Crippen molar-refractivity contribution in [2.24, 2.45) is 0 Å². The molecule has 0 saturated heterocycles. The number of hydrogen-bond acceptors (Lipinski definition) is 0. The van der Waals surface area contributed by atoms with Crippen LogP contribution in [-0.2, 0) is 20.4 Å². The molecule has 4 N–H and O–H groups in total. The van der Waals surface area contributed by atoms with Gasteiger partial charge in [0.2, 0.25) is 0 Å². The Morgan fingerprint density at radius 2 is 0.733 bits per heavy atom. The molecule has 0 aromatic heterocycles. The molecule has 0 radical (unpaired) electrons. The smallest absolute Gasteiger partial charge is 0.283 e. The van der Waals surface area contributed by atoms with E-state index in [1.165, 1.54) is 0 Å². The summed E-state index contributed by atoms with van der Waals surface area (Å²) in [5, 5.41) is 0. The van der Waals surface area contributed by atoms with E-state index < -0.39 is 0 Å². The third kappa shape index (κ3) is 31.8. The van der Waals surface area contributed by atoms with Crippen molar-refractivity contribution >= 4 is 23.1 Å². The topological polar surface area (TPSA) is 85.6 Å². The summed E-state index contributed by atoms with van der Waals surface area (Å²) in [4.78, 5) is 33.8. The number of hydrogen-bond donors (Lipinski definition) is 0. The van der Waals surface area contributed by atoms with E-state index in [2.05, 4.69) is 0 Å². The zero-order chi connectivity index (χ0) is 11.7. The summed E-state index contributed by atoms with van der Waals surface area (Å²) in [5.74, 6) is 1.00. The summed E-state index contributed by atoms with van der Waals surface area (Å²) in [6.07, 6.45) is 0.611. The minimum atomic E-state index is 0. The van der Waals surface area contributed by atoms with Crippen molar-refractivity contribution in [1.29, 1.82) is 0 Å². The van der Waals surface area contributed by atoms with Gasteiger partial charge < -0.3 is 0 Å². The van der Waals surface area contributed by atoms with Crippen molar-refractivity contribution in [3.63, 3.8) is 0 Å². The summed E-state index contributed by atoms with van der Waals surface area (Å²) < 4.78 is 0. The predicted octanol–water partition coefficient (Wildman–Crippen LogP) is 1.01. The molecule has 0 rings (SSSR count). The van der Waals surface area contributed by atoms with Crippen LogP contribution >= 0.6 is 0 Å². The molecular weight excluding hydrogens is 291 g/mol. The Bertz CT molecular complexity index is 196. The van der Waals surface area contributed by atoms with E-state index in [1.54, 1.807) is 27.7 Å². The van der Waals surface area contributed by atoms with Crippen LogP contribution in [0.2, 0.25) is 0 Å². The second kappa shape index (κ2) is 11.4. The Morgan fingerprint density at radius 1 is 0.600 bits per heavy atom. The molecule has 0 aliphatic carbocycles. The molecule has 0 amide bonds. The molecule has 0 aliphatic rings. The Morgan fingerprint density at radius 3 is 0.733 bits per heavy atom. The van der Waals surface area contributed by atoms with Crippen molar-refractivity contribution in [2.75, 3.05) is 0 Å². The van der Waals surface area contributed by atoms with Gasteiger partial charge in [-0.2, -0.15) is 0 Å². The van der Waals surface area contributed by atoms with Gasteiger partial charge in [0.05, 0.1) is 0 Å². The average molecular weight is 311 g/mol. The molecule has 5 heteroatoms. The Labute approximate surface area is 103 Å². The zero-order valence-corrected chi connectivity index (χ0v) is 11.1. The van der Waals surface area contributed by atoms with Gasteiger partial charge >= 0.3 is 23.1 Å². The molecule has 0 aromatic carbocycles. The first-order chi connectivity index (χ1) is 6.25. The molecule has 0 unspecified atom stereocenters. The van der Waals surface area contributed by atoms with Crippen molar-refractivity contribution in [3.8, 4) is 0 Å². The molecule has 0 spiro atoms. The Balaban J connectivity index is -0.000000180. The summed E-state index contributed by atoms with van der Waals surface area (Å²) in [6, 6.07) is 0. The fourth-order valence-corrected chi connectivity index (χ4v) is 0.740. The second-order valence-electron chi connectivity index (χ2n) is 3.29. The van der Waals surface area contributed by atoms with Gasteiger partial charge in [0.1, 0.15) is 0 Å². The van der Waals surface area contributed by atoms with Gasteiger partial charge in [0.25, 0.3) is 0 Å². The van der Waals surface area contributed by atoms with Crippen LogP contribution in [0.3, 0.4) is 0 Å². The summed E-state index contributed by atoms with van der Waals surface area (Å²) in [5.41, 5.74) is 0. The second-order valence-corrected chi connectivity index (χ2v) is 3.29. The standard InChI is InChI=1S/2C5H8O2.Pd/c2*1-4(6)3-5(2)7;/h2*3H2,1-2H3;/p+4. The SMILES string of the molecule is CC(=[OH+])CC(C)=[OH+].CC(=[OH+])CC(C)=[OH+].[Pd]. The van der Waals surface area contributed by atoms with E-state index >= 15 is 0 Å². The van der Waals surface area contributed by atoms with Gasteiger partial charge in [0.15, 0.2) is 12.8 Å². The Hall–Kier alpha value is -0.658. The molecule has 0 aliphatic heterocycles.